The fourth-order valence-corrected chi connectivity index (χ4v) is 2.47. The summed E-state index contributed by atoms with van der Waals surface area (Å²) in [6.45, 7) is 3.42. The molecule has 1 N–H and O–H groups in total. The third-order valence-electron chi connectivity index (χ3n) is 2.15. The molecule has 76 valence electrons. The zero-order valence-electron chi connectivity index (χ0n) is 7.60. The van der Waals surface area contributed by atoms with Gasteiger partial charge in [0.1, 0.15) is 0 Å². The number of carboxylic acid groups (broad SMARTS) is 1. The molecule has 1 heterocycles. The number of hydrogen-bond acceptors (Lipinski definition) is 3. The first-order chi connectivity index (χ1) is 5.85. The second-order valence-electron chi connectivity index (χ2n) is 3.45. The summed E-state index contributed by atoms with van der Waals surface area (Å²) in [5, 5.41) is 8.06. The van der Waals surface area contributed by atoms with E-state index in [9.17, 15) is 13.2 Å². The van der Waals surface area contributed by atoms with Crippen LogP contribution in [0.3, 0.4) is 0 Å². The minimum absolute atomic E-state index is 0.121. The Balaban J connectivity index is 2.58. The molecule has 0 bridgehead atoms. The lowest BCUT2D eigenvalue weighted by atomic mass is 10.0. The lowest BCUT2D eigenvalue weighted by Crippen LogP contribution is -2.54. The fourth-order valence-electron chi connectivity index (χ4n) is 1.10. The predicted molar refractivity (Wildman–Crippen MR) is 46.8 cm³/mol. The Hall–Kier alpha value is -0.620. The number of carboxylic acids is 1. The first-order valence-electron chi connectivity index (χ1n) is 4.07. The van der Waals surface area contributed by atoms with Crippen LogP contribution in [0.1, 0.15) is 13.8 Å². The van der Waals surface area contributed by atoms with Gasteiger partial charge in [0.25, 0.3) is 0 Å². The Bertz CT molecular complexity index is 302. The lowest BCUT2D eigenvalue weighted by molar-refractivity contribution is -0.145. The highest BCUT2D eigenvalue weighted by molar-refractivity contribution is 7.89. The number of hydrogen-bond donors (Lipinski definition) is 1. The topological polar surface area (TPSA) is 74.7 Å². The van der Waals surface area contributed by atoms with E-state index >= 15 is 0 Å². The molecule has 1 fully saturated rings. The Morgan fingerprint density at radius 2 is 1.92 bits per heavy atom. The molecule has 1 aliphatic heterocycles. The van der Waals surface area contributed by atoms with Gasteiger partial charge in [0.05, 0.1) is 11.2 Å². The van der Waals surface area contributed by atoms with Gasteiger partial charge in [-0.25, -0.2) is 8.42 Å². The maximum absolute atomic E-state index is 11.4. The summed E-state index contributed by atoms with van der Waals surface area (Å²) in [6.07, 6.45) is 0. The van der Waals surface area contributed by atoms with Crippen LogP contribution in [0.4, 0.5) is 0 Å². The highest BCUT2D eigenvalue weighted by atomic mass is 32.2. The van der Waals surface area contributed by atoms with E-state index in [4.69, 9.17) is 5.11 Å². The van der Waals surface area contributed by atoms with Crippen LogP contribution >= 0.6 is 0 Å². The second-order valence-corrected chi connectivity index (χ2v) is 5.93. The molecule has 0 saturated carbocycles. The molecule has 6 heteroatoms. The van der Waals surface area contributed by atoms with Crippen LogP contribution in [0.2, 0.25) is 0 Å². The van der Waals surface area contributed by atoms with E-state index in [0.29, 0.717) is 0 Å². The van der Waals surface area contributed by atoms with Gasteiger partial charge < -0.3 is 5.11 Å². The van der Waals surface area contributed by atoms with Crippen molar-refractivity contribution in [1.29, 1.82) is 0 Å². The van der Waals surface area contributed by atoms with E-state index in [2.05, 4.69) is 0 Å². The molecule has 1 rings (SSSR count). The van der Waals surface area contributed by atoms with Crippen molar-refractivity contribution in [3.05, 3.63) is 0 Å². The summed E-state index contributed by atoms with van der Waals surface area (Å²) >= 11 is 0. The zero-order valence-corrected chi connectivity index (χ0v) is 8.41. The quantitative estimate of drug-likeness (QED) is 0.692. The monoisotopic (exact) mass is 207 g/mol. The Labute approximate surface area is 77.4 Å². The first kappa shape index (κ1) is 10.5. The van der Waals surface area contributed by atoms with Crippen molar-refractivity contribution in [2.24, 2.45) is 5.92 Å². The second kappa shape index (κ2) is 3.26. The van der Waals surface area contributed by atoms with E-state index in [-0.39, 0.29) is 13.1 Å². The third-order valence-corrected chi connectivity index (χ3v) is 4.36. The summed E-state index contributed by atoms with van der Waals surface area (Å²) in [5.41, 5.74) is 0. The van der Waals surface area contributed by atoms with Gasteiger partial charge in [-0.3, -0.25) is 4.79 Å². The van der Waals surface area contributed by atoms with Crippen LogP contribution in [0.15, 0.2) is 0 Å². The van der Waals surface area contributed by atoms with Gasteiger partial charge in [0, 0.05) is 13.1 Å². The van der Waals surface area contributed by atoms with Crippen molar-refractivity contribution >= 4 is 16.0 Å². The van der Waals surface area contributed by atoms with Gasteiger partial charge in [-0.15, -0.1) is 0 Å². The SMILES string of the molecule is CC(C)S(=O)(=O)N1CC(C(=O)O)C1. The van der Waals surface area contributed by atoms with Gasteiger partial charge in [-0.05, 0) is 13.8 Å². The summed E-state index contributed by atoms with van der Waals surface area (Å²) < 4.78 is 24.0. The molecule has 0 aromatic heterocycles. The summed E-state index contributed by atoms with van der Waals surface area (Å²) in [6, 6.07) is 0. The lowest BCUT2D eigenvalue weighted by Gasteiger charge is -2.36. The van der Waals surface area contributed by atoms with Crippen molar-refractivity contribution in [3.8, 4) is 0 Å². The Morgan fingerprint density at radius 3 is 2.23 bits per heavy atom. The smallest absolute Gasteiger partial charge is 0.309 e. The van der Waals surface area contributed by atoms with Crippen LogP contribution in [0.25, 0.3) is 0 Å². The molecule has 0 atom stereocenters. The normalized spacial score (nSPS) is 20.2. The molecule has 0 aromatic rings. The standard InChI is InChI=1S/C7H13NO4S/c1-5(2)13(11,12)8-3-6(4-8)7(9)10/h5-6H,3-4H2,1-2H3,(H,9,10). The summed E-state index contributed by atoms with van der Waals surface area (Å²) in [4.78, 5) is 10.4. The molecule has 5 nitrogen and oxygen atoms in total. The van der Waals surface area contributed by atoms with Gasteiger partial charge in [0.15, 0.2) is 0 Å². The average molecular weight is 207 g/mol. The molecule has 1 aliphatic rings. The van der Waals surface area contributed by atoms with Crippen molar-refractivity contribution < 1.29 is 18.3 Å². The predicted octanol–water partition coefficient (Wildman–Crippen LogP) is -0.259. The number of sulfonamides is 1. The Kier molecular flexibility index (Phi) is 2.63. The van der Waals surface area contributed by atoms with Crippen molar-refractivity contribution in [2.45, 2.75) is 19.1 Å². The van der Waals surface area contributed by atoms with Gasteiger partial charge >= 0.3 is 5.97 Å². The molecule has 0 spiro atoms. The molecular formula is C7H13NO4S. The van der Waals surface area contributed by atoms with E-state index in [1.807, 2.05) is 0 Å². The number of carbonyl (C=O) groups is 1. The molecular weight excluding hydrogens is 194 g/mol. The minimum atomic E-state index is -3.24. The van der Waals surface area contributed by atoms with Gasteiger partial charge in [-0.2, -0.15) is 4.31 Å². The highest BCUT2D eigenvalue weighted by Crippen LogP contribution is 2.22. The molecule has 0 amide bonds. The first-order valence-corrected chi connectivity index (χ1v) is 5.57. The van der Waals surface area contributed by atoms with Crippen molar-refractivity contribution in [1.82, 2.24) is 4.31 Å². The number of nitrogens with zero attached hydrogens (tertiary/aromatic N) is 1. The van der Waals surface area contributed by atoms with E-state index in [1.54, 1.807) is 13.8 Å². The van der Waals surface area contributed by atoms with Crippen LogP contribution < -0.4 is 0 Å². The molecule has 0 radical (unpaired) electrons. The van der Waals surface area contributed by atoms with E-state index < -0.39 is 27.2 Å². The maximum Gasteiger partial charge on any atom is 0.309 e. The van der Waals surface area contributed by atoms with Crippen LogP contribution in [-0.2, 0) is 14.8 Å². The Morgan fingerprint density at radius 1 is 1.46 bits per heavy atom. The van der Waals surface area contributed by atoms with Crippen LogP contribution in [0, 0.1) is 5.92 Å². The zero-order chi connectivity index (χ0) is 10.2. The van der Waals surface area contributed by atoms with Crippen LogP contribution in [0.5, 0.6) is 0 Å². The van der Waals surface area contributed by atoms with Gasteiger partial charge in [0.2, 0.25) is 10.0 Å². The molecule has 13 heavy (non-hydrogen) atoms. The number of aliphatic carboxylic acids is 1. The third kappa shape index (κ3) is 1.83. The largest absolute Gasteiger partial charge is 0.481 e. The highest BCUT2D eigenvalue weighted by Gasteiger charge is 2.40. The average Bonchev–Trinajstić information content (AvgIpc) is 1.80. The molecule has 0 aliphatic carbocycles. The van der Waals surface area contributed by atoms with Crippen LogP contribution in [-0.4, -0.2) is 42.1 Å². The molecule has 0 aromatic carbocycles. The summed E-state index contributed by atoms with van der Waals surface area (Å²) in [7, 11) is -3.24. The summed E-state index contributed by atoms with van der Waals surface area (Å²) in [5.74, 6) is -1.44. The van der Waals surface area contributed by atoms with Crippen molar-refractivity contribution in [2.75, 3.05) is 13.1 Å². The maximum atomic E-state index is 11.4. The van der Waals surface area contributed by atoms with E-state index in [1.165, 1.54) is 4.31 Å². The van der Waals surface area contributed by atoms with E-state index in [0.717, 1.165) is 0 Å². The minimum Gasteiger partial charge on any atom is -0.481 e. The van der Waals surface area contributed by atoms with Crippen molar-refractivity contribution in [3.63, 3.8) is 0 Å². The van der Waals surface area contributed by atoms with Gasteiger partial charge in [-0.1, -0.05) is 0 Å². The fraction of sp³-hybridized carbons (Fsp3) is 0.857. The molecule has 1 saturated heterocycles. The molecule has 0 unspecified atom stereocenters. The number of rotatable bonds is 3.